The van der Waals surface area contributed by atoms with Gasteiger partial charge in [0.1, 0.15) is 0 Å². The third-order valence-electron chi connectivity index (χ3n) is 3.88. The zero-order valence-corrected chi connectivity index (χ0v) is 10.9. The lowest BCUT2D eigenvalue weighted by Gasteiger charge is -2.18. The average molecular weight is 238 g/mol. The highest BCUT2D eigenvalue weighted by Gasteiger charge is 2.12. The summed E-state index contributed by atoms with van der Waals surface area (Å²) in [4.78, 5) is 10.7. The summed E-state index contributed by atoms with van der Waals surface area (Å²) >= 11 is 0. The second-order valence-electron chi connectivity index (χ2n) is 5.37. The highest BCUT2D eigenvalue weighted by atomic mass is 16.4. The first-order valence-corrected chi connectivity index (χ1v) is 7.11. The van der Waals surface area contributed by atoms with Crippen LogP contribution < -0.4 is 0 Å². The second kappa shape index (κ2) is 8.32. The van der Waals surface area contributed by atoms with E-state index in [2.05, 4.69) is 6.58 Å². The van der Waals surface area contributed by atoms with Crippen molar-refractivity contribution >= 4 is 5.97 Å². The van der Waals surface area contributed by atoms with Gasteiger partial charge in [0.25, 0.3) is 0 Å². The predicted octanol–water partition coefficient (Wildman–Crippen LogP) is 4.55. The summed E-state index contributed by atoms with van der Waals surface area (Å²) in [5.74, 6) is -0.103. The van der Waals surface area contributed by atoms with Crippen LogP contribution in [-0.2, 0) is 4.79 Å². The molecule has 0 saturated heterocycles. The molecule has 1 aliphatic carbocycles. The first-order valence-electron chi connectivity index (χ1n) is 7.11. The van der Waals surface area contributed by atoms with E-state index in [1.54, 1.807) is 0 Å². The molecule has 0 atom stereocenters. The maximum Gasteiger partial charge on any atom is 0.330 e. The molecule has 0 radical (unpaired) electrons. The van der Waals surface area contributed by atoms with Crippen molar-refractivity contribution in [3.05, 3.63) is 12.2 Å². The van der Waals surface area contributed by atoms with Gasteiger partial charge in [0, 0.05) is 5.57 Å². The van der Waals surface area contributed by atoms with Crippen molar-refractivity contribution in [2.45, 2.75) is 70.6 Å². The smallest absolute Gasteiger partial charge is 0.330 e. The minimum Gasteiger partial charge on any atom is -0.478 e. The molecule has 1 aliphatic rings. The van der Waals surface area contributed by atoms with Crippen LogP contribution in [0.15, 0.2) is 12.2 Å². The molecule has 1 saturated carbocycles. The van der Waals surface area contributed by atoms with E-state index in [0.717, 1.165) is 12.3 Å². The topological polar surface area (TPSA) is 37.3 Å². The van der Waals surface area contributed by atoms with Crippen molar-refractivity contribution in [3.63, 3.8) is 0 Å². The van der Waals surface area contributed by atoms with Crippen LogP contribution in [0.25, 0.3) is 0 Å². The molecule has 0 bridgehead atoms. The number of carboxylic acid groups (broad SMARTS) is 1. The minimum atomic E-state index is -0.829. The molecule has 2 nitrogen and oxygen atoms in total. The van der Waals surface area contributed by atoms with Crippen LogP contribution in [0.1, 0.15) is 70.6 Å². The molecule has 0 heterocycles. The Labute approximate surface area is 105 Å². The lowest BCUT2D eigenvalue weighted by Crippen LogP contribution is -2.06. The molecule has 98 valence electrons. The predicted molar refractivity (Wildman–Crippen MR) is 71.1 cm³/mol. The molecule has 0 amide bonds. The Morgan fingerprint density at radius 2 is 1.47 bits per heavy atom. The molecule has 0 aliphatic heterocycles. The number of hydrogen-bond acceptors (Lipinski definition) is 1. The van der Waals surface area contributed by atoms with Crippen molar-refractivity contribution < 1.29 is 9.90 Å². The van der Waals surface area contributed by atoms with E-state index in [-0.39, 0.29) is 0 Å². The van der Waals surface area contributed by atoms with Crippen LogP contribution in [0.2, 0.25) is 0 Å². The Balaban J connectivity index is 2.27. The van der Waals surface area contributed by atoms with E-state index >= 15 is 0 Å². The van der Waals surface area contributed by atoms with E-state index in [9.17, 15) is 4.79 Å². The molecular formula is C15H26O2. The standard InChI is InChI=1S/C15H26O2/c1-13(15(16)17)11-12-14-9-7-5-3-2-4-6-8-10-14/h14H,1-12H2,(H,16,17). The van der Waals surface area contributed by atoms with Crippen molar-refractivity contribution in [1.82, 2.24) is 0 Å². The Bertz CT molecular complexity index is 235. The number of hydrogen-bond donors (Lipinski definition) is 1. The van der Waals surface area contributed by atoms with Crippen LogP contribution in [0.4, 0.5) is 0 Å². The Hall–Kier alpha value is -0.790. The van der Waals surface area contributed by atoms with Crippen LogP contribution in [0.3, 0.4) is 0 Å². The number of carbonyl (C=O) groups is 1. The van der Waals surface area contributed by atoms with Gasteiger partial charge in [-0.3, -0.25) is 0 Å². The van der Waals surface area contributed by atoms with Gasteiger partial charge in [-0.15, -0.1) is 0 Å². The Morgan fingerprint density at radius 3 is 1.94 bits per heavy atom. The van der Waals surface area contributed by atoms with Crippen molar-refractivity contribution in [1.29, 1.82) is 0 Å². The summed E-state index contributed by atoms with van der Waals surface area (Å²) in [6.07, 6.45) is 13.8. The number of rotatable bonds is 4. The van der Waals surface area contributed by atoms with E-state index in [0.29, 0.717) is 12.0 Å². The fraction of sp³-hybridized carbons (Fsp3) is 0.800. The molecular weight excluding hydrogens is 212 g/mol. The van der Waals surface area contributed by atoms with Gasteiger partial charge in [-0.05, 0) is 18.8 Å². The lowest BCUT2D eigenvalue weighted by atomic mass is 9.88. The zero-order valence-electron chi connectivity index (χ0n) is 10.9. The second-order valence-corrected chi connectivity index (χ2v) is 5.37. The Kier molecular flexibility index (Phi) is 6.99. The lowest BCUT2D eigenvalue weighted by molar-refractivity contribution is -0.132. The van der Waals surface area contributed by atoms with Crippen molar-refractivity contribution in [2.24, 2.45) is 5.92 Å². The summed E-state index contributed by atoms with van der Waals surface area (Å²) in [5.41, 5.74) is 0.377. The summed E-state index contributed by atoms with van der Waals surface area (Å²) in [7, 11) is 0. The molecule has 1 fully saturated rings. The molecule has 0 aromatic heterocycles. The number of carboxylic acids is 1. The molecule has 0 aromatic rings. The first kappa shape index (κ1) is 14.3. The number of aliphatic carboxylic acids is 1. The maximum atomic E-state index is 10.7. The summed E-state index contributed by atoms with van der Waals surface area (Å²) in [6, 6.07) is 0. The van der Waals surface area contributed by atoms with Crippen LogP contribution >= 0.6 is 0 Å². The van der Waals surface area contributed by atoms with Crippen LogP contribution in [0.5, 0.6) is 0 Å². The quantitative estimate of drug-likeness (QED) is 0.730. The molecule has 1 rings (SSSR count). The van der Waals surface area contributed by atoms with Crippen LogP contribution in [0, 0.1) is 5.92 Å². The average Bonchev–Trinajstić information content (AvgIpc) is 2.33. The van der Waals surface area contributed by atoms with Crippen molar-refractivity contribution in [2.75, 3.05) is 0 Å². The largest absolute Gasteiger partial charge is 0.478 e. The van der Waals surface area contributed by atoms with E-state index in [1.807, 2.05) is 0 Å². The normalized spacial score (nSPS) is 19.8. The van der Waals surface area contributed by atoms with Crippen molar-refractivity contribution in [3.8, 4) is 0 Å². The van der Waals surface area contributed by atoms with E-state index in [1.165, 1.54) is 57.8 Å². The van der Waals surface area contributed by atoms with Gasteiger partial charge in [-0.25, -0.2) is 4.79 Å². The molecule has 0 aromatic carbocycles. The van der Waals surface area contributed by atoms with Gasteiger partial charge in [0.2, 0.25) is 0 Å². The van der Waals surface area contributed by atoms with Crippen LogP contribution in [-0.4, -0.2) is 11.1 Å². The summed E-state index contributed by atoms with van der Waals surface area (Å²) in [6.45, 7) is 3.61. The fourth-order valence-electron chi connectivity index (χ4n) is 2.67. The van der Waals surface area contributed by atoms with Gasteiger partial charge in [-0.1, -0.05) is 64.4 Å². The monoisotopic (exact) mass is 238 g/mol. The highest BCUT2D eigenvalue weighted by molar-refractivity contribution is 5.85. The van der Waals surface area contributed by atoms with Gasteiger partial charge in [0.15, 0.2) is 0 Å². The van der Waals surface area contributed by atoms with Gasteiger partial charge < -0.3 is 5.11 Å². The molecule has 17 heavy (non-hydrogen) atoms. The molecule has 0 spiro atoms. The zero-order chi connectivity index (χ0) is 12.5. The third-order valence-corrected chi connectivity index (χ3v) is 3.88. The minimum absolute atomic E-state index is 0.377. The third kappa shape index (κ3) is 6.50. The summed E-state index contributed by atoms with van der Waals surface area (Å²) < 4.78 is 0. The van der Waals surface area contributed by atoms with E-state index in [4.69, 9.17) is 5.11 Å². The molecule has 2 heteroatoms. The molecule has 1 N–H and O–H groups in total. The van der Waals surface area contributed by atoms with Gasteiger partial charge in [-0.2, -0.15) is 0 Å². The fourth-order valence-corrected chi connectivity index (χ4v) is 2.67. The highest BCUT2D eigenvalue weighted by Crippen LogP contribution is 2.26. The van der Waals surface area contributed by atoms with Gasteiger partial charge in [0.05, 0.1) is 0 Å². The summed E-state index contributed by atoms with van der Waals surface area (Å²) in [5, 5.41) is 8.79. The SMILES string of the molecule is C=C(CCC1CCCCCCCCC1)C(=O)O. The first-order chi connectivity index (χ1) is 8.20. The van der Waals surface area contributed by atoms with E-state index < -0.39 is 5.97 Å². The Morgan fingerprint density at radius 1 is 1.00 bits per heavy atom. The van der Waals surface area contributed by atoms with Gasteiger partial charge >= 0.3 is 5.97 Å². The maximum absolute atomic E-state index is 10.7. The molecule has 0 unspecified atom stereocenters.